The highest BCUT2D eigenvalue weighted by atomic mass is 35.5. The van der Waals surface area contributed by atoms with Crippen LogP contribution >= 0.6 is 23.4 Å². The fourth-order valence-electron chi connectivity index (χ4n) is 4.33. The Balaban J connectivity index is 1.73. The van der Waals surface area contributed by atoms with Crippen molar-refractivity contribution in [1.82, 2.24) is 14.9 Å². The number of hydrazine groups is 1. The van der Waals surface area contributed by atoms with E-state index in [4.69, 9.17) is 11.6 Å². The first-order valence-electron chi connectivity index (χ1n) is 9.95. The summed E-state index contributed by atoms with van der Waals surface area (Å²) in [5.41, 5.74) is 1.79. The molecule has 0 spiro atoms. The average Bonchev–Trinajstić information content (AvgIpc) is 2.91. The summed E-state index contributed by atoms with van der Waals surface area (Å²) in [6.45, 7) is 1.76. The van der Waals surface area contributed by atoms with Crippen molar-refractivity contribution in [3.05, 3.63) is 87.9 Å². The fourth-order valence-corrected chi connectivity index (χ4v) is 5.79. The van der Waals surface area contributed by atoms with Crippen molar-refractivity contribution in [3.8, 4) is 0 Å². The minimum absolute atomic E-state index is 0.0548. The summed E-state index contributed by atoms with van der Waals surface area (Å²) in [5, 5.41) is 25.7. The molecule has 3 aliphatic rings. The molecular formula is C23H22ClN3O3S. The topological polar surface area (TPSA) is 67.2 Å². The molecule has 1 fully saturated rings. The van der Waals surface area contributed by atoms with Crippen LogP contribution in [-0.4, -0.2) is 50.4 Å². The van der Waals surface area contributed by atoms with Crippen LogP contribution in [0.4, 0.5) is 0 Å². The number of hydrogen-bond acceptors (Lipinski definition) is 6. The van der Waals surface area contributed by atoms with Gasteiger partial charge in [-0.1, -0.05) is 48.0 Å². The zero-order valence-corrected chi connectivity index (χ0v) is 18.7. The Morgan fingerprint density at radius 3 is 2.71 bits per heavy atom. The van der Waals surface area contributed by atoms with E-state index < -0.39 is 5.60 Å². The van der Waals surface area contributed by atoms with Crippen LogP contribution in [0.2, 0.25) is 5.02 Å². The van der Waals surface area contributed by atoms with Crippen LogP contribution in [0.3, 0.4) is 0 Å². The van der Waals surface area contributed by atoms with E-state index in [0.29, 0.717) is 11.7 Å². The first-order valence-corrected chi connectivity index (χ1v) is 11.3. The highest BCUT2D eigenvalue weighted by Gasteiger charge is 2.45. The summed E-state index contributed by atoms with van der Waals surface area (Å²) in [4.78, 5) is 15.5. The van der Waals surface area contributed by atoms with E-state index in [1.54, 1.807) is 34.9 Å². The Bertz CT molecular complexity index is 1150. The number of aliphatic hydroxyl groups excluding tert-OH is 1. The van der Waals surface area contributed by atoms with Crippen molar-refractivity contribution in [2.75, 3.05) is 13.7 Å². The fraction of sp³-hybridized carbons (Fsp3) is 0.261. The summed E-state index contributed by atoms with van der Waals surface area (Å²) < 4.78 is 0. The SMILES string of the molecule is CN1CN(C2c3ccccc3CSc3c(Cl)cccc32)N2C=CC(C)(O)C(O)=C2C1=O. The van der Waals surface area contributed by atoms with Crippen molar-refractivity contribution in [1.29, 1.82) is 0 Å². The van der Waals surface area contributed by atoms with E-state index in [-0.39, 0.29) is 23.4 Å². The third kappa shape index (κ3) is 3.15. The number of halogens is 1. The number of aliphatic hydroxyl groups is 2. The predicted molar refractivity (Wildman–Crippen MR) is 120 cm³/mol. The van der Waals surface area contributed by atoms with Gasteiger partial charge in [0, 0.05) is 23.9 Å². The van der Waals surface area contributed by atoms with Crippen LogP contribution in [-0.2, 0) is 10.5 Å². The van der Waals surface area contributed by atoms with Gasteiger partial charge in [0.15, 0.2) is 11.5 Å². The maximum Gasteiger partial charge on any atom is 0.276 e. The molecular weight excluding hydrogens is 434 g/mol. The number of benzene rings is 2. The molecule has 0 aromatic heterocycles. The van der Waals surface area contributed by atoms with Crippen LogP contribution in [0.25, 0.3) is 0 Å². The van der Waals surface area contributed by atoms with Crippen LogP contribution < -0.4 is 0 Å². The molecule has 2 atom stereocenters. The van der Waals surface area contributed by atoms with Gasteiger partial charge in [0.25, 0.3) is 5.91 Å². The molecule has 0 bridgehead atoms. The Labute approximate surface area is 190 Å². The van der Waals surface area contributed by atoms with E-state index >= 15 is 0 Å². The molecule has 2 aromatic rings. The Morgan fingerprint density at radius 2 is 1.90 bits per heavy atom. The minimum atomic E-state index is -1.61. The Kier molecular flexibility index (Phi) is 4.82. The minimum Gasteiger partial charge on any atom is -0.507 e. The number of carbonyl (C=O) groups is 1. The molecule has 31 heavy (non-hydrogen) atoms. The van der Waals surface area contributed by atoms with Gasteiger partial charge in [0.2, 0.25) is 0 Å². The second kappa shape index (κ2) is 7.31. The zero-order chi connectivity index (χ0) is 21.9. The molecule has 2 N–H and O–H groups in total. The van der Waals surface area contributed by atoms with E-state index in [9.17, 15) is 15.0 Å². The first kappa shape index (κ1) is 20.5. The Morgan fingerprint density at radius 1 is 1.16 bits per heavy atom. The second-order valence-electron chi connectivity index (χ2n) is 8.14. The van der Waals surface area contributed by atoms with E-state index in [0.717, 1.165) is 21.8 Å². The number of nitrogens with zero attached hydrogens (tertiary/aromatic N) is 3. The summed E-state index contributed by atoms with van der Waals surface area (Å²) >= 11 is 8.30. The molecule has 160 valence electrons. The molecule has 1 saturated heterocycles. The van der Waals surface area contributed by atoms with Crippen molar-refractivity contribution in [3.63, 3.8) is 0 Å². The highest BCUT2D eigenvalue weighted by molar-refractivity contribution is 7.98. The molecule has 2 aromatic carbocycles. The lowest BCUT2D eigenvalue weighted by molar-refractivity contribution is -0.148. The van der Waals surface area contributed by atoms with E-state index in [1.165, 1.54) is 18.6 Å². The standard InChI is InChI=1S/C23H22ClN3O3S/c1-23(30)10-11-26-19(21(23)28)22(29)25(2)13-27(26)18-15-7-4-3-6-14(15)12-31-20-16(18)8-5-9-17(20)24/h3-11,18,28,30H,12-13H2,1-2H3. The molecule has 3 aliphatic heterocycles. The van der Waals surface area contributed by atoms with Gasteiger partial charge in [-0.25, -0.2) is 0 Å². The molecule has 5 rings (SSSR count). The number of hydrogen-bond donors (Lipinski definition) is 2. The van der Waals surface area contributed by atoms with Crippen LogP contribution in [0.15, 0.2) is 71.1 Å². The van der Waals surface area contributed by atoms with Gasteiger partial charge in [-0.2, -0.15) is 5.01 Å². The number of carbonyl (C=O) groups excluding carboxylic acids is 1. The molecule has 6 nitrogen and oxygen atoms in total. The molecule has 1 amide bonds. The maximum absolute atomic E-state index is 13.0. The molecule has 8 heteroatoms. The van der Waals surface area contributed by atoms with Crippen LogP contribution in [0, 0.1) is 0 Å². The molecule has 2 unspecified atom stereocenters. The second-order valence-corrected chi connectivity index (χ2v) is 9.53. The van der Waals surface area contributed by atoms with E-state index in [1.807, 2.05) is 29.3 Å². The lowest BCUT2D eigenvalue weighted by Gasteiger charge is -2.49. The lowest BCUT2D eigenvalue weighted by Crippen LogP contribution is -2.58. The van der Waals surface area contributed by atoms with Gasteiger partial charge in [0.05, 0.1) is 17.7 Å². The van der Waals surface area contributed by atoms with Gasteiger partial charge in [-0.05, 0) is 35.8 Å². The summed E-state index contributed by atoms with van der Waals surface area (Å²) in [6, 6.07) is 13.9. The number of rotatable bonds is 1. The quantitative estimate of drug-likeness (QED) is 0.676. The smallest absolute Gasteiger partial charge is 0.276 e. The number of thioether (sulfide) groups is 1. The number of amides is 1. The summed E-state index contributed by atoms with van der Waals surface area (Å²) in [5.74, 6) is 0.0740. The van der Waals surface area contributed by atoms with Crippen LogP contribution in [0.1, 0.15) is 29.7 Å². The monoisotopic (exact) mass is 455 g/mol. The van der Waals surface area contributed by atoms with Crippen molar-refractivity contribution in [2.24, 2.45) is 0 Å². The normalized spacial score (nSPS) is 25.8. The number of likely N-dealkylation sites (N-methyl/N-ethyl adjacent to an activating group) is 1. The predicted octanol–water partition coefficient (Wildman–Crippen LogP) is 4.03. The third-order valence-electron chi connectivity index (χ3n) is 5.97. The summed E-state index contributed by atoms with van der Waals surface area (Å²) in [7, 11) is 1.69. The first-order chi connectivity index (χ1) is 14.8. The van der Waals surface area contributed by atoms with Gasteiger partial charge < -0.3 is 15.1 Å². The van der Waals surface area contributed by atoms with Gasteiger partial charge in [-0.3, -0.25) is 9.80 Å². The van der Waals surface area contributed by atoms with Crippen molar-refractivity contribution in [2.45, 2.75) is 29.2 Å². The van der Waals surface area contributed by atoms with Gasteiger partial charge in [0.1, 0.15) is 5.60 Å². The van der Waals surface area contributed by atoms with Crippen molar-refractivity contribution >= 4 is 29.3 Å². The molecule has 0 radical (unpaired) electrons. The Hall–Kier alpha value is -2.45. The zero-order valence-electron chi connectivity index (χ0n) is 17.1. The maximum atomic E-state index is 13.0. The molecule has 3 heterocycles. The highest BCUT2D eigenvalue weighted by Crippen LogP contribution is 2.47. The largest absolute Gasteiger partial charge is 0.507 e. The lowest BCUT2D eigenvalue weighted by atomic mass is 9.93. The number of fused-ring (bicyclic) bond motifs is 3. The van der Waals surface area contributed by atoms with Gasteiger partial charge in [-0.15, -0.1) is 11.8 Å². The summed E-state index contributed by atoms with van der Waals surface area (Å²) in [6.07, 6.45) is 3.15. The van der Waals surface area contributed by atoms with E-state index in [2.05, 4.69) is 18.2 Å². The van der Waals surface area contributed by atoms with Crippen molar-refractivity contribution < 1.29 is 15.0 Å². The molecule has 0 aliphatic carbocycles. The third-order valence-corrected chi connectivity index (χ3v) is 7.59. The van der Waals surface area contributed by atoms with Gasteiger partial charge >= 0.3 is 0 Å². The molecule has 0 saturated carbocycles. The van der Waals surface area contributed by atoms with Crippen LogP contribution in [0.5, 0.6) is 0 Å². The average molecular weight is 456 g/mol.